The first-order valence-electron chi connectivity index (χ1n) is 5.50. The first kappa shape index (κ1) is 12.2. The Labute approximate surface area is 105 Å². The van der Waals surface area contributed by atoms with Gasteiger partial charge in [0.25, 0.3) is 0 Å². The summed E-state index contributed by atoms with van der Waals surface area (Å²) in [5.74, 6) is 0. The number of benzene rings is 1. The number of thiazole rings is 1. The van der Waals surface area contributed by atoms with Gasteiger partial charge >= 0.3 is 0 Å². The Morgan fingerprint density at radius 3 is 2.76 bits per heavy atom. The maximum Gasteiger partial charge on any atom is 0.124 e. The zero-order valence-electron chi connectivity index (χ0n) is 10.1. The van der Waals surface area contributed by atoms with Gasteiger partial charge in [0.15, 0.2) is 0 Å². The molecule has 0 radical (unpaired) electrons. The molecule has 0 spiro atoms. The molecule has 1 aromatic heterocycles. The molecule has 17 heavy (non-hydrogen) atoms. The van der Waals surface area contributed by atoms with Crippen molar-refractivity contribution in [1.82, 2.24) is 4.98 Å². The standard InChI is InChI=1S/C13H16N2OS/c1-9-5-3-4-6-10(9)13-15-11(8-16-2)12(7-14)17-13/h3-6H,7-8,14H2,1-2H3. The summed E-state index contributed by atoms with van der Waals surface area (Å²) in [6.45, 7) is 3.13. The number of hydrogen-bond acceptors (Lipinski definition) is 4. The summed E-state index contributed by atoms with van der Waals surface area (Å²) in [6, 6.07) is 8.24. The highest BCUT2D eigenvalue weighted by atomic mass is 32.1. The maximum absolute atomic E-state index is 5.73. The average Bonchev–Trinajstić information content (AvgIpc) is 2.73. The van der Waals surface area contributed by atoms with E-state index >= 15 is 0 Å². The lowest BCUT2D eigenvalue weighted by Gasteiger charge is -2.00. The van der Waals surface area contributed by atoms with Gasteiger partial charge < -0.3 is 10.5 Å². The fourth-order valence-corrected chi connectivity index (χ4v) is 2.75. The zero-order valence-corrected chi connectivity index (χ0v) is 10.9. The van der Waals surface area contributed by atoms with Crippen LogP contribution in [0.5, 0.6) is 0 Å². The first-order valence-corrected chi connectivity index (χ1v) is 6.31. The van der Waals surface area contributed by atoms with Crippen LogP contribution in [-0.4, -0.2) is 12.1 Å². The van der Waals surface area contributed by atoms with Gasteiger partial charge in [-0.15, -0.1) is 11.3 Å². The Balaban J connectivity index is 2.43. The van der Waals surface area contributed by atoms with Gasteiger partial charge in [0, 0.05) is 24.1 Å². The number of aromatic nitrogens is 1. The van der Waals surface area contributed by atoms with E-state index in [0.29, 0.717) is 13.2 Å². The van der Waals surface area contributed by atoms with Gasteiger partial charge in [0.05, 0.1) is 12.3 Å². The molecule has 3 nitrogen and oxygen atoms in total. The Bertz CT molecular complexity index is 508. The molecule has 1 heterocycles. The topological polar surface area (TPSA) is 48.1 Å². The summed E-state index contributed by atoms with van der Waals surface area (Å²) < 4.78 is 5.14. The zero-order chi connectivity index (χ0) is 12.3. The maximum atomic E-state index is 5.73. The molecular formula is C13H16N2OS. The second-order valence-electron chi connectivity index (χ2n) is 3.84. The van der Waals surface area contributed by atoms with Crippen LogP contribution in [0.25, 0.3) is 10.6 Å². The minimum absolute atomic E-state index is 0.516. The SMILES string of the molecule is COCc1nc(-c2ccccc2C)sc1CN. The molecule has 0 amide bonds. The molecular weight excluding hydrogens is 232 g/mol. The van der Waals surface area contributed by atoms with Crippen molar-refractivity contribution in [1.29, 1.82) is 0 Å². The van der Waals surface area contributed by atoms with Gasteiger partial charge in [-0.3, -0.25) is 0 Å². The van der Waals surface area contributed by atoms with E-state index in [2.05, 4.69) is 24.0 Å². The summed E-state index contributed by atoms with van der Waals surface area (Å²) in [4.78, 5) is 5.72. The molecule has 4 heteroatoms. The molecule has 1 aromatic carbocycles. The molecule has 0 unspecified atom stereocenters. The lowest BCUT2D eigenvalue weighted by molar-refractivity contribution is 0.181. The Morgan fingerprint density at radius 1 is 1.35 bits per heavy atom. The van der Waals surface area contributed by atoms with Crippen LogP contribution in [0.15, 0.2) is 24.3 Å². The molecule has 0 aliphatic carbocycles. The van der Waals surface area contributed by atoms with E-state index in [9.17, 15) is 0 Å². The summed E-state index contributed by atoms with van der Waals surface area (Å²) in [5.41, 5.74) is 9.09. The molecule has 0 fully saturated rings. The number of nitrogens with two attached hydrogens (primary N) is 1. The highest BCUT2D eigenvalue weighted by molar-refractivity contribution is 7.15. The highest BCUT2D eigenvalue weighted by Crippen LogP contribution is 2.30. The third kappa shape index (κ3) is 2.54. The third-order valence-electron chi connectivity index (χ3n) is 2.62. The number of aryl methyl sites for hydroxylation is 1. The summed E-state index contributed by atoms with van der Waals surface area (Å²) in [6.07, 6.45) is 0. The minimum Gasteiger partial charge on any atom is -0.378 e. The van der Waals surface area contributed by atoms with Crippen molar-refractivity contribution in [2.24, 2.45) is 5.73 Å². The van der Waals surface area contributed by atoms with E-state index in [0.717, 1.165) is 15.6 Å². The fourth-order valence-electron chi connectivity index (χ4n) is 1.72. The molecule has 0 saturated heterocycles. The van der Waals surface area contributed by atoms with Gasteiger partial charge in [0.1, 0.15) is 5.01 Å². The van der Waals surface area contributed by atoms with Gasteiger partial charge in [-0.25, -0.2) is 4.98 Å². The van der Waals surface area contributed by atoms with E-state index in [-0.39, 0.29) is 0 Å². The van der Waals surface area contributed by atoms with E-state index in [1.807, 2.05) is 12.1 Å². The van der Waals surface area contributed by atoms with Crippen molar-refractivity contribution in [3.63, 3.8) is 0 Å². The van der Waals surface area contributed by atoms with E-state index in [4.69, 9.17) is 10.5 Å². The summed E-state index contributed by atoms with van der Waals surface area (Å²) in [7, 11) is 1.67. The fraction of sp³-hybridized carbons (Fsp3) is 0.308. The molecule has 0 aliphatic heterocycles. The molecule has 2 aromatic rings. The van der Waals surface area contributed by atoms with E-state index < -0.39 is 0 Å². The van der Waals surface area contributed by atoms with Gasteiger partial charge in [0.2, 0.25) is 0 Å². The van der Waals surface area contributed by atoms with Crippen LogP contribution in [0.3, 0.4) is 0 Å². The van der Waals surface area contributed by atoms with Crippen molar-refractivity contribution in [2.75, 3.05) is 7.11 Å². The van der Waals surface area contributed by atoms with Crippen LogP contribution in [0.1, 0.15) is 16.1 Å². The molecule has 0 atom stereocenters. The van der Waals surface area contributed by atoms with E-state index in [1.54, 1.807) is 18.4 Å². The minimum atomic E-state index is 0.516. The molecule has 2 rings (SSSR count). The van der Waals surface area contributed by atoms with Crippen LogP contribution in [-0.2, 0) is 17.9 Å². The molecule has 0 bridgehead atoms. The van der Waals surface area contributed by atoms with Crippen LogP contribution in [0.2, 0.25) is 0 Å². The number of nitrogens with zero attached hydrogens (tertiary/aromatic N) is 1. The van der Waals surface area contributed by atoms with Crippen LogP contribution in [0.4, 0.5) is 0 Å². The number of hydrogen-bond donors (Lipinski definition) is 1. The monoisotopic (exact) mass is 248 g/mol. The normalized spacial score (nSPS) is 10.8. The van der Waals surface area contributed by atoms with Crippen molar-refractivity contribution in [3.05, 3.63) is 40.4 Å². The Hall–Kier alpha value is -1.23. The van der Waals surface area contributed by atoms with Crippen molar-refractivity contribution in [2.45, 2.75) is 20.1 Å². The predicted octanol–water partition coefficient (Wildman–Crippen LogP) is 2.72. The van der Waals surface area contributed by atoms with Gasteiger partial charge in [-0.05, 0) is 12.5 Å². The second kappa shape index (κ2) is 5.40. The van der Waals surface area contributed by atoms with Crippen LogP contribution in [0, 0.1) is 6.92 Å². The smallest absolute Gasteiger partial charge is 0.124 e. The first-order chi connectivity index (χ1) is 8.26. The quantitative estimate of drug-likeness (QED) is 0.905. The predicted molar refractivity (Wildman–Crippen MR) is 70.9 cm³/mol. The molecule has 90 valence electrons. The van der Waals surface area contributed by atoms with Gasteiger partial charge in [-0.2, -0.15) is 0 Å². The third-order valence-corrected chi connectivity index (χ3v) is 3.77. The van der Waals surface area contributed by atoms with Crippen molar-refractivity contribution >= 4 is 11.3 Å². The molecule has 0 saturated carbocycles. The Morgan fingerprint density at radius 2 is 2.12 bits per heavy atom. The van der Waals surface area contributed by atoms with Crippen LogP contribution < -0.4 is 5.73 Å². The second-order valence-corrected chi connectivity index (χ2v) is 4.92. The molecule has 0 aliphatic rings. The average molecular weight is 248 g/mol. The van der Waals surface area contributed by atoms with Gasteiger partial charge in [-0.1, -0.05) is 24.3 Å². The summed E-state index contributed by atoms with van der Waals surface area (Å²) >= 11 is 1.65. The number of rotatable bonds is 4. The van der Waals surface area contributed by atoms with Crippen LogP contribution >= 0.6 is 11.3 Å². The van der Waals surface area contributed by atoms with Crippen molar-refractivity contribution < 1.29 is 4.74 Å². The van der Waals surface area contributed by atoms with E-state index in [1.165, 1.54) is 11.1 Å². The molecule has 2 N–H and O–H groups in total. The Kier molecular flexibility index (Phi) is 3.89. The lowest BCUT2D eigenvalue weighted by Crippen LogP contribution is -1.99. The summed E-state index contributed by atoms with van der Waals surface area (Å²) in [5, 5.41) is 1.02. The number of methoxy groups -OCH3 is 1. The lowest BCUT2D eigenvalue weighted by atomic mass is 10.1. The number of ether oxygens (including phenoxy) is 1. The largest absolute Gasteiger partial charge is 0.378 e. The van der Waals surface area contributed by atoms with Crippen molar-refractivity contribution in [3.8, 4) is 10.6 Å². The highest BCUT2D eigenvalue weighted by Gasteiger charge is 2.12.